The van der Waals surface area contributed by atoms with Crippen LogP contribution in [0.3, 0.4) is 0 Å². The van der Waals surface area contributed by atoms with Crippen molar-refractivity contribution in [3.8, 4) is 11.5 Å². The molecule has 2 heterocycles. The summed E-state index contributed by atoms with van der Waals surface area (Å²) in [6, 6.07) is 4.90. The molecular formula is C14H21ClN2O4S. The van der Waals surface area contributed by atoms with Crippen molar-refractivity contribution in [2.24, 2.45) is 5.92 Å². The fourth-order valence-corrected chi connectivity index (χ4v) is 4.25. The molecule has 1 fully saturated rings. The van der Waals surface area contributed by atoms with Crippen LogP contribution in [0.5, 0.6) is 11.5 Å². The number of fused-ring (bicyclic) bond motifs is 1. The Balaban J connectivity index is 0.00000176. The standard InChI is InChI=1S/C14H20N2O4S.ClH/c1-10-9-15-6-5-11(10)16-21(17,18)13-4-2-3-12-14(13)20-8-7-19-12;/h2-4,10-11,15-16H,5-9H2,1H3;1H. The molecule has 1 aromatic carbocycles. The van der Waals surface area contributed by atoms with Gasteiger partial charge >= 0.3 is 0 Å². The first-order valence-corrected chi connectivity index (χ1v) is 8.68. The highest BCUT2D eigenvalue weighted by Crippen LogP contribution is 2.36. The van der Waals surface area contributed by atoms with E-state index in [1.807, 2.05) is 6.92 Å². The highest BCUT2D eigenvalue weighted by molar-refractivity contribution is 7.89. The highest BCUT2D eigenvalue weighted by atomic mass is 35.5. The van der Waals surface area contributed by atoms with E-state index in [9.17, 15) is 8.42 Å². The number of para-hydroxylation sites is 1. The van der Waals surface area contributed by atoms with E-state index >= 15 is 0 Å². The van der Waals surface area contributed by atoms with Gasteiger partial charge in [-0.1, -0.05) is 13.0 Å². The minimum absolute atomic E-state index is 0. The van der Waals surface area contributed by atoms with Gasteiger partial charge in [-0.25, -0.2) is 13.1 Å². The molecule has 0 aromatic heterocycles. The van der Waals surface area contributed by atoms with Gasteiger partial charge in [-0.3, -0.25) is 0 Å². The van der Waals surface area contributed by atoms with Crippen LogP contribution in [0.1, 0.15) is 13.3 Å². The molecule has 22 heavy (non-hydrogen) atoms. The zero-order valence-corrected chi connectivity index (χ0v) is 14.0. The number of benzene rings is 1. The second kappa shape index (κ2) is 7.04. The average molecular weight is 349 g/mol. The van der Waals surface area contributed by atoms with Crippen molar-refractivity contribution in [1.82, 2.24) is 10.0 Å². The Morgan fingerprint density at radius 1 is 1.27 bits per heavy atom. The molecule has 0 bridgehead atoms. The Morgan fingerprint density at radius 3 is 2.82 bits per heavy atom. The van der Waals surface area contributed by atoms with Gasteiger partial charge in [0.25, 0.3) is 0 Å². The number of rotatable bonds is 3. The van der Waals surface area contributed by atoms with E-state index in [0.29, 0.717) is 24.7 Å². The summed E-state index contributed by atoms with van der Waals surface area (Å²) in [6.07, 6.45) is 0.785. The van der Waals surface area contributed by atoms with E-state index < -0.39 is 10.0 Å². The van der Waals surface area contributed by atoms with E-state index in [4.69, 9.17) is 9.47 Å². The molecule has 0 amide bonds. The molecule has 124 valence electrons. The second-order valence-electron chi connectivity index (χ2n) is 5.48. The van der Waals surface area contributed by atoms with Crippen molar-refractivity contribution in [1.29, 1.82) is 0 Å². The van der Waals surface area contributed by atoms with Crippen LogP contribution in [-0.2, 0) is 10.0 Å². The lowest BCUT2D eigenvalue weighted by Crippen LogP contribution is -2.48. The molecule has 0 saturated carbocycles. The molecule has 0 aliphatic carbocycles. The van der Waals surface area contributed by atoms with E-state index in [0.717, 1.165) is 19.5 Å². The Bertz CT molecular complexity index is 623. The zero-order chi connectivity index (χ0) is 14.9. The van der Waals surface area contributed by atoms with Crippen LogP contribution in [0.15, 0.2) is 23.1 Å². The molecule has 2 unspecified atom stereocenters. The van der Waals surface area contributed by atoms with E-state index in [1.54, 1.807) is 18.2 Å². The van der Waals surface area contributed by atoms with Crippen molar-refractivity contribution in [3.05, 3.63) is 18.2 Å². The maximum atomic E-state index is 12.7. The van der Waals surface area contributed by atoms with Crippen molar-refractivity contribution in [2.75, 3.05) is 26.3 Å². The Kier molecular flexibility index (Phi) is 5.55. The predicted molar refractivity (Wildman–Crippen MR) is 85.4 cm³/mol. The normalized spacial score (nSPS) is 24.4. The van der Waals surface area contributed by atoms with Crippen LogP contribution in [0.4, 0.5) is 0 Å². The molecule has 1 saturated heterocycles. The summed E-state index contributed by atoms with van der Waals surface area (Å²) < 4.78 is 39.1. The summed E-state index contributed by atoms with van der Waals surface area (Å²) in [4.78, 5) is 0.158. The Hall–Kier alpha value is -1.02. The SMILES string of the molecule is CC1CNCCC1NS(=O)(=O)c1cccc2c1OCCO2.Cl. The number of halogens is 1. The summed E-state index contributed by atoms with van der Waals surface area (Å²) in [5.41, 5.74) is 0. The fraction of sp³-hybridized carbons (Fsp3) is 0.571. The summed E-state index contributed by atoms with van der Waals surface area (Å²) in [5, 5.41) is 3.26. The molecule has 2 aliphatic heterocycles. The number of hydrogen-bond donors (Lipinski definition) is 2. The van der Waals surface area contributed by atoms with Gasteiger partial charge < -0.3 is 14.8 Å². The maximum absolute atomic E-state index is 12.7. The van der Waals surface area contributed by atoms with Gasteiger partial charge in [0.2, 0.25) is 10.0 Å². The molecule has 6 nitrogen and oxygen atoms in total. The first kappa shape index (κ1) is 17.3. The van der Waals surface area contributed by atoms with Crippen LogP contribution in [0.2, 0.25) is 0 Å². The van der Waals surface area contributed by atoms with E-state index in [-0.39, 0.29) is 29.3 Å². The Morgan fingerprint density at radius 2 is 2.05 bits per heavy atom. The number of sulfonamides is 1. The van der Waals surface area contributed by atoms with Crippen LogP contribution in [-0.4, -0.2) is 40.8 Å². The monoisotopic (exact) mass is 348 g/mol. The molecule has 2 aliphatic rings. The fourth-order valence-electron chi connectivity index (χ4n) is 2.71. The minimum Gasteiger partial charge on any atom is -0.486 e. The summed E-state index contributed by atoms with van der Waals surface area (Å²) >= 11 is 0. The molecule has 3 rings (SSSR count). The van der Waals surface area contributed by atoms with Gasteiger partial charge in [0.15, 0.2) is 11.5 Å². The van der Waals surface area contributed by atoms with Gasteiger partial charge in [-0.05, 0) is 37.6 Å². The zero-order valence-electron chi connectivity index (χ0n) is 12.4. The van der Waals surface area contributed by atoms with Crippen LogP contribution >= 0.6 is 12.4 Å². The predicted octanol–water partition coefficient (Wildman–Crippen LogP) is 1.16. The lowest BCUT2D eigenvalue weighted by molar-refractivity contribution is 0.167. The third-order valence-corrected chi connectivity index (χ3v) is 5.42. The maximum Gasteiger partial charge on any atom is 0.244 e. The third-order valence-electron chi connectivity index (χ3n) is 3.91. The topological polar surface area (TPSA) is 76.7 Å². The van der Waals surface area contributed by atoms with Crippen LogP contribution < -0.4 is 19.5 Å². The van der Waals surface area contributed by atoms with E-state index in [2.05, 4.69) is 10.0 Å². The number of piperidine rings is 1. The van der Waals surface area contributed by atoms with Crippen LogP contribution in [0.25, 0.3) is 0 Å². The van der Waals surface area contributed by atoms with Crippen molar-refractivity contribution >= 4 is 22.4 Å². The first-order chi connectivity index (χ1) is 10.1. The quantitative estimate of drug-likeness (QED) is 0.857. The lowest BCUT2D eigenvalue weighted by Gasteiger charge is -2.30. The molecule has 1 aromatic rings. The van der Waals surface area contributed by atoms with Crippen molar-refractivity contribution in [3.63, 3.8) is 0 Å². The average Bonchev–Trinajstić information content (AvgIpc) is 2.49. The van der Waals surface area contributed by atoms with Gasteiger partial charge in [0, 0.05) is 6.04 Å². The van der Waals surface area contributed by atoms with Gasteiger partial charge in [0.1, 0.15) is 18.1 Å². The van der Waals surface area contributed by atoms with Gasteiger partial charge in [-0.15, -0.1) is 12.4 Å². The summed E-state index contributed by atoms with van der Waals surface area (Å²) in [7, 11) is -3.62. The summed E-state index contributed by atoms with van der Waals surface area (Å²) in [6.45, 7) is 4.49. The van der Waals surface area contributed by atoms with Gasteiger partial charge in [0.05, 0.1) is 0 Å². The first-order valence-electron chi connectivity index (χ1n) is 7.19. The lowest BCUT2D eigenvalue weighted by atomic mass is 9.97. The summed E-state index contributed by atoms with van der Waals surface area (Å²) in [5.74, 6) is 1.06. The Labute approximate surface area is 137 Å². The van der Waals surface area contributed by atoms with E-state index in [1.165, 1.54) is 0 Å². The largest absolute Gasteiger partial charge is 0.486 e. The van der Waals surface area contributed by atoms with Gasteiger partial charge in [-0.2, -0.15) is 0 Å². The van der Waals surface area contributed by atoms with Crippen LogP contribution in [0, 0.1) is 5.92 Å². The minimum atomic E-state index is -3.62. The smallest absolute Gasteiger partial charge is 0.244 e. The van der Waals surface area contributed by atoms with Crippen molar-refractivity contribution in [2.45, 2.75) is 24.3 Å². The molecular weight excluding hydrogens is 328 g/mol. The molecule has 0 radical (unpaired) electrons. The molecule has 2 atom stereocenters. The number of hydrogen-bond acceptors (Lipinski definition) is 5. The second-order valence-corrected chi connectivity index (χ2v) is 7.16. The highest BCUT2D eigenvalue weighted by Gasteiger charge is 2.30. The molecule has 2 N–H and O–H groups in total. The molecule has 0 spiro atoms. The van der Waals surface area contributed by atoms with Crippen molar-refractivity contribution < 1.29 is 17.9 Å². The number of ether oxygens (including phenoxy) is 2. The number of nitrogens with one attached hydrogen (secondary N) is 2. The third kappa shape index (κ3) is 3.48. The molecule has 8 heteroatoms.